The highest BCUT2D eigenvalue weighted by Crippen LogP contribution is 2.28. The summed E-state index contributed by atoms with van der Waals surface area (Å²) in [7, 11) is 0. The number of ketones is 1. The van der Waals surface area contributed by atoms with Crippen LogP contribution in [0.5, 0.6) is 0 Å². The minimum absolute atomic E-state index is 0.0443. The maximum absolute atomic E-state index is 12.8. The number of hydrogen-bond acceptors (Lipinski definition) is 5. The molecular formula is C18H19N3O3. The van der Waals surface area contributed by atoms with Gasteiger partial charge >= 0.3 is 0 Å². The van der Waals surface area contributed by atoms with Crippen molar-refractivity contribution in [3.8, 4) is 6.07 Å². The average Bonchev–Trinajstić information content (AvgIpc) is 3.05. The van der Waals surface area contributed by atoms with Gasteiger partial charge in [0, 0.05) is 25.4 Å². The number of aromatic nitrogens is 1. The van der Waals surface area contributed by atoms with Crippen molar-refractivity contribution in [2.45, 2.75) is 32.1 Å². The van der Waals surface area contributed by atoms with Gasteiger partial charge in [0.2, 0.25) is 11.8 Å². The van der Waals surface area contributed by atoms with Crippen LogP contribution in [0.3, 0.4) is 0 Å². The molecule has 6 heteroatoms. The Labute approximate surface area is 140 Å². The first-order valence-electron chi connectivity index (χ1n) is 8.20. The molecule has 6 nitrogen and oxygen atoms in total. The van der Waals surface area contributed by atoms with Crippen LogP contribution in [0.2, 0.25) is 0 Å². The van der Waals surface area contributed by atoms with Crippen LogP contribution in [0.15, 0.2) is 28.7 Å². The van der Waals surface area contributed by atoms with Crippen LogP contribution in [0.4, 0.5) is 0 Å². The number of hydrogen-bond donors (Lipinski definition) is 0. The van der Waals surface area contributed by atoms with Crippen LogP contribution in [-0.4, -0.2) is 34.7 Å². The van der Waals surface area contributed by atoms with E-state index in [1.54, 1.807) is 17.0 Å². The summed E-state index contributed by atoms with van der Waals surface area (Å²) in [6.45, 7) is 2.87. The van der Waals surface area contributed by atoms with E-state index in [1.165, 1.54) is 0 Å². The molecule has 1 aromatic carbocycles. The summed E-state index contributed by atoms with van der Waals surface area (Å²) in [6.07, 6.45) is 1.88. The van der Waals surface area contributed by atoms with E-state index in [9.17, 15) is 14.9 Å². The van der Waals surface area contributed by atoms with Crippen LogP contribution in [0.1, 0.15) is 38.0 Å². The molecule has 1 aliphatic rings. The Bertz CT molecular complexity index is 772. The molecule has 2 atom stereocenters. The van der Waals surface area contributed by atoms with E-state index < -0.39 is 5.92 Å². The summed E-state index contributed by atoms with van der Waals surface area (Å²) < 4.78 is 5.59. The van der Waals surface area contributed by atoms with E-state index in [0.717, 1.165) is 6.42 Å². The number of nitriles is 1. The van der Waals surface area contributed by atoms with Gasteiger partial charge in [0.15, 0.2) is 17.3 Å². The minimum Gasteiger partial charge on any atom is -0.439 e. The number of nitrogens with zero attached hydrogens (tertiary/aromatic N) is 3. The van der Waals surface area contributed by atoms with E-state index >= 15 is 0 Å². The molecule has 3 rings (SSSR count). The van der Waals surface area contributed by atoms with E-state index in [-0.39, 0.29) is 23.5 Å². The molecular weight excluding hydrogens is 306 g/mol. The quantitative estimate of drug-likeness (QED) is 0.862. The highest BCUT2D eigenvalue weighted by molar-refractivity contribution is 5.91. The third-order valence-electron chi connectivity index (χ3n) is 4.45. The Balaban J connectivity index is 1.81. The first kappa shape index (κ1) is 16.2. The van der Waals surface area contributed by atoms with Gasteiger partial charge in [-0.15, -0.1) is 0 Å². The lowest BCUT2D eigenvalue weighted by Crippen LogP contribution is -2.43. The Morgan fingerprint density at radius 3 is 2.96 bits per heavy atom. The van der Waals surface area contributed by atoms with Gasteiger partial charge < -0.3 is 9.32 Å². The number of fused-ring (bicyclic) bond motifs is 1. The number of carbonyl (C=O) groups excluding carboxylic acids is 2. The van der Waals surface area contributed by atoms with Crippen molar-refractivity contribution in [3.63, 3.8) is 0 Å². The van der Waals surface area contributed by atoms with Crippen molar-refractivity contribution in [2.75, 3.05) is 13.1 Å². The van der Waals surface area contributed by atoms with Gasteiger partial charge in [-0.2, -0.15) is 5.26 Å². The summed E-state index contributed by atoms with van der Waals surface area (Å²) in [5.41, 5.74) is 1.19. The lowest BCUT2D eigenvalue weighted by molar-refractivity contribution is -0.135. The van der Waals surface area contributed by atoms with Crippen molar-refractivity contribution in [1.29, 1.82) is 5.26 Å². The van der Waals surface area contributed by atoms with Crippen molar-refractivity contribution in [1.82, 2.24) is 9.88 Å². The van der Waals surface area contributed by atoms with Gasteiger partial charge in [0.05, 0.1) is 6.07 Å². The molecule has 1 fully saturated rings. The Morgan fingerprint density at radius 2 is 2.25 bits per heavy atom. The first-order chi connectivity index (χ1) is 11.6. The highest BCUT2D eigenvalue weighted by atomic mass is 16.3. The topological polar surface area (TPSA) is 87.2 Å². The zero-order valence-electron chi connectivity index (χ0n) is 13.6. The number of amides is 1. The largest absolute Gasteiger partial charge is 0.439 e. The van der Waals surface area contributed by atoms with Gasteiger partial charge in [0.25, 0.3) is 0 Å². The Morgan fingerprint density at radius 1 is 1.46 bits per heavy atom. The number of para-hydroxylation sites is 2. The normalized spacial score (nSPS) is 19.0. The molecule has 124 valence electrons. The highest BCUT2D eigenvalue weighted by Gasteiger charge is 2.35. The van der Waals surface area contributed by atoms with Crippen molar-refractivity contribution >= 4 is 22.8 Å². The SMILES string of the molecule is CCC(=O)N1CCC[C@@H](C(=O)[C@H](C#N)c2nc3ccccc3o2)C1. The molecule has 0 aliphatic carbocycles. The maximum Gasteiger partial charge on any atom is 0.222 e. The summed E-state index contributed by atoms with van der Waals surface area (Å²) >= 11 is 0. The van der Waals surface area contributed by atoms with Crippen LogP contribution in [0.25, 0.3) is 11.1 Å². The third-order valence-corrected chi connectivity index (χ3v) is 4.45. The van der Waals surface area contributed by atoms with Crippen LogP contribution >= 0.6 is 0 Å². The fraction of sp³-hybridized carbons (Fsp3) is 0.444. The Hall–Kier alpha value is -2.68. The van der Waals surface area contributed by atoms with Crippen LogP contribution in [0, 0.1) is 17.2 Å². The van der Waals surface area contributed by atoms with Crippen molar-refractivity contribution in [3.05, 3.63) is 30.2 Å². The summed E-state index contributed by atoms with van der Waals surface area (Å²) in [4.78, 5) is 30.7. The van der Waals surface area contributed by atoms with E-state index in [0.29, 0.717) is 37.0 Å². The second-order valence-corrected chi connectivity index (χ2v) is 6.02. The summed E-state index contributed by atoms with van der Waals surface area (Å²) in [5.74, 6) is -1.39. The third kappa shape index (κ3) is 3.02. The monoisotopic (exact) mass is 325 g/mol. The maximum atomic E-state index is 12.8. The number of Topliss-reactive ketones (excluding diaryl/α,β-unsaturated/α-hetero) is 1. The lowest BCUT2D eigenvalue weighted by Gasteiger charge is -2.32. The molecule has 0 bridgehead atoms. The second kappa shape index (κ2) is 6.83. The molecule has 1 aromatic heterocycles. The van der Waals surface area contributed by atoms with Gasteiger partial charge in [-0.25, -0.2) is 4.98 Å². The number of carbonyl (C=O) groups is 2. The first-order valence-corrected chi connectivity index (χ1v) is 8.20. The lowest BCUT2D eigenvalue weighted by atomic mass is 9.87. The minimum atomic E-state index is -1.03. The van der Waals surface area contributed by atoms with Crippen molar-refractivity contribution < 1.29 is 14.0 Å². The molecule has 0 N–H and O–H groups in total. The number of piperidine rings is 1. The smallest absolute Gasteiger partial charge is 0.222 e. The summed E-state index contributed by atoms with van der Waals surface area (Å²) in [6, 6.07) is 9.21. The fourth-order valence-electron chi connectivity index (χ4n) is 3.15. The van der Waals surface area contributed by atoms with Crippen LogP contribution in [-0.2, 0) is 9.59 Å². The number of oxazole rings is 1. The zero-order chi connectivity index (χ0) is 17.1. The molecule has 0 radical (unpaired) electrons. The number of benzene rings is 1. The molecule has 24 heavy (non-hydrogen) atoms. The van der Waals surface area contributed by atoms with Gasteiger partial charge in [-0.05, 0) is 25.0 Å². The van der Waals surface area contributed by atoms with Gasteiger partial charge in [-0.3, -0.25) is 9.59 Å². The number of rotatable bonds is 4. The molecule has 1 saturated heterocycles. The molecule has 1 aliphatic heterocycles. The summed E-state index contributed by atoms with van der Waals surface area (Å²) in [5, 5.41) is 9.48. The van der Waals surface area contributed by atoms with Crippen LogP contribution < -0.4 is 0 Å². The number of likely N-dealkylation sites (tertiary alicyclic amines) is 1. The van der Waals surface area contributed by atoms with E-state index in [4.69, 9.17) is 4.42 Å². The van der Waals surface area contributed by atoms with E-state index in [2.05, 4.69) is 4.98 Å². The molecule has 0 unspecified atom stereocenters. The molecule has 2 heterocycles. The zero-order valence-corrected chi connectivity index (χ0v) is 13.6. The average molecular weight is 325 g/mol. The second-order valence-electron chi connectivity index (χ2n) is 6.02. The molecule has 0 spiro atoms. The van der Waals surface area contributed by atoms with E-state index in [1.807, 2.05) is 25.1 Å². The predicted octanol–water partition coefficient (Wildman–Crippen LogP) is 2.65. The Kier molecular flexibility index (Phi) is 4.61. The molecule has 1 amide bonds. The van der Waals surface area contributed by atoms with Crippen molar-refractivity contribution in [2.24, 2.45) is 5.92 Å². The predicted molar refractivity (Wildman–Crippen MR) is 87.0 cm³/mol. The fourth-order valence-corrected chi connectivity index (χ4v) is 3.15. The molecule has 2 aromatic rings. The molecule has 0 saturated carbocycles. The van der Waals surface area contributed by atoms with Gasteiger partial charge in [0.1, 0.15) is 5.52 Å². The standard InChI is InChI=1S/C18H19N3O3/c1-2-16(22)21-9-5-6-12(11-21)17(23)13(10-19)18-20-14-7-3-4-8-15(14)24-18/h3-4,7-8,12-13H,2,5-6,9,11H2,1H3/t12-,13+/m1/s1. The van der Waals surface area contributed by atoms with Gasteiger partial charge in [-0.1, -0.05) is 19.1 Å².